The van der Waals surface area contributed by atoms with Crippen molar-refractivity contribution >= 4 is 37.5 Å². The molecular formula is C22H19BrN2O4S. The first-order chi connectivity index (χ1) is 14.5. The van der Waals surface area contributed by atoms with E-state index < -0.39 is 6.10 Å². The molecule has 1 N–H and O–H groups in total. The first-order valence-corrected chi connectivity index (χ1v) is 10.9. The maximum Gasteiger partial charge on any atom is 0.262 e. The average Bonchev–Trinajstić information content (AvgIpc) is 3.19. The molecule has 154 valence electrons. The lowest BCUT2D eigenvalue weighted by Gasteiger charge is -2.14. The highest BCUT2D eigenvalue weighted by Crippen LogP contribution is 2.31. The van der Waals surface area contributed by atoms with Crippen LogP contribution < -0.4 is 15.0 Å². The van der Waals surface area contributed by atoms with Crippen molar-refractivity contribution in [1.82, 2.24) is 9.55 Å². The van der Waals surface area contributed by atoms with Gasteiger partial charge in [0.15, 0.2) is 0 Å². The third-order valence-corrected chi connectivity index (χ3v) is 5.99. The van der Waals surface area contributed by atoms with Gasteiger partial charge in [-0.1, -0.05) is 34.1 Å². The predicted molar refractivity (Wildman–Crippen MR) is 122 cm³/mol. The van der Waals surface area contributed by atoms with Crippen molar-refractivity contribution in [3.63, 3.8) is 0 Å². The normalized spacial score (nSPS) is 12.1. The van der Waals surface area contributed by atoms with E-state index in [-0.39, 0.29) is 18.7 Å². The molecule has 0 saturated heterocycles. The molecule has 4 aromatic rings. The highest BCUT2D eigenvalue weighted by molar-refractivity contribution is 9.10. The van der Waals surface area contributed by atoms with Crippen LogP contribution in [0.2, 0.25) is 0 Å². The summed E-state index contributed by atoms with van der Waals surface area (Å²) < 4.78 is 13.1. The zero-order valence-corrected chi connectivity index (χ0v) is 18.5. The van der Waals surface area contributed by atoms with Gasteiger partial charge in [0.2, 0.25) is 0 Å². The van der Waals surface area contributed by atoms with Gasteiger partial charge < -0.3 is 14.6 Å². The van der Waals surface area contributed by atoms with Crippen LogP contribution in [-0.2, 0) is 6.54 Å². The summed E-state index contributed by atoms with van der Waals surface area (Å²) in [4.78, 5) is 18.2. The van der Waals surface area contributed by atoms with Crippen LogP contribution >= 0.6 is 27.3 Å². The van der Waals surface area contributed by atoms with Crippen LogP contribution in [0.1, 0.15) is 0 Å². The van der Waals surface area contributed by atoms with E-state index in [1.165, 1.54) is 22.2 Å². The average molecular weight is 487 g/mol. The van der Waals surface area contributed by atoms with Gasteiger partial charge >= 0.3 is 0 Å². The Morgan fingerprint density at radius 2 is 2.00 bits per heavy atom. The van der Waals surface area contributed by atoms with Crippen LogP contribution in [0.4, 0.5) is 0 Å². The van der Waals surface area contributed by atoms with Crippen molar-refractivity contribution in [2.75, 3.05) is 13.7 Å². The smallest absolute Gasteiger partial charge is 0.262 e. The molecular weight excluding hydrogens is 468 g/mol. The Hall–Kier alpha value is -2.68. The summed E-state index contributed by atoms with van der Waals surface area (Å²) in [5.41, 5.74) is 1.55. The quantitative estimate of drug-likeness (QED) is 0.420. The SMILES string of the molecule is COc1ccc(-c2csc3ncn(C[C@H](O)COc4cccc(Br)c4)c(=O)c23)cc1. The molecule has 2 aromatic heterocycles. The van der Waals surface area contributed by atoms with E-state index in [0.717, 1.165) is 21.3 Å². The second-order valence-electron chi connectivity index (χ2n) is 6.68. The Kier molecular flexibility index (Phi) is 6.17. The fourth-order valence-electron chi connectivity index (χ4n) is 3.11. The maximum absolute atomic E-state index is 13.1. The summed E-state index contributed by atoms with van der Waals surface area (Å²) >= 11 is 4.81. The number of halogens is 1. The molecule has 0 amide bonds. The minimum Gasteiger partial charge on any atom is -0.497 e. The number of hydrogen-bond acceptors (Lipinski definition) is 6. The van der Waals surface area contributed by atoms with Gasteiger partial charge in [-0.2, -0.15) is 0 Å². The van der Waals surface area contributed by atoms with Crippen LogP contribution in [0.15, 0.2) is 69.5 Å². The van der Waals surface area contributed by atoms with Gasteiger partial charge in [0.25, 0.3) is 5.56 Å². The van der Waals surface area contributed by atoms with Crippen molar-refractivity contribution < 1.29 is 14.6 Å². The lowest BCUT2D eigenvalue weighted by Crippen LogP contribution is -2.30. The standard InChI is InChI=1S/C22H19BrN2O4S/c1-28-17-7-5-14(6-8-17)19-12-30-21-20(19)22(27)25(13-24-21)10-16(26)11-29-18-4-2-3-15(23)9-18/h2-9,12-13,16,26H,10-11H2,1H3/t16-/m0/s1. The molecule has 0 saturated carbocycles. The zero-order chi connectivity index (χ0) is 21.1. The number of aromatic nitrogens is 2. The van der Waals surface area contributed by atoms with E-state index in [2.05, 4.69) is 20.9 Å². The lowest BCUT2D eigenvalue weighted by atomic mass is 10.1. The monoisotopic (exact) mass is 486 g/mol. The van der Waals surface area contributed by atoms with Crippen LogP contribution in [0.3, 0.4) is 0 Å². The van der Waals surface area contributed by atoms with E-state index in [1.807, 2.05) is 53.9 Å². The number of ether oxygens (including phenoxy) is 2. The van der Waals surface area contributed by atoms with Crippen molar-refractivity contribution in [2.45, 2.75) is 12.6 Å². The number of fused-ring (bicyclic) bond motifs is 1. The Labute approximate surface area is 185 Å². The number of thiophene rings is 1. The van der Waals surface area contributed by atoms with E-state index in [1.54, 1.807) is 7.11 Å². The highest BCUT2D eigenvalue weighted by Gasteiger charge is 2.15. The summed E-state index contributed by atoms with van der Waals surface area (Å²) in [5, 5.41) is 12.9. The van der Waals surface area contributed by atoms with Crippen LogP contribution in [0.25, 0.3) is 21.3 Å². The molecule has 0 fully saturated rings. The van der Waals surface area contributed by atoms with Gasteiger partial charge in [0.05, 0.1) is 25.4 Å². The Morgan fingerprint density at radius 1 is 1.20 bits per heavy atom. The van der Waals surface area contributed by atoms with Gasteiger partial charge in [-0.15, -0.1) is 11.3 Å². The molecule has 2 heterocycles. The Morgan fingerprint density at radius 3 is 2.73 bits per heavy atom. The molecule has 8 heteroatoms. The van der Waals surface area contributed by atoms with Gasteiger partial charge in [0, 0.05) is 15.4 Å². The molecule has 4 rings (SSSR count). The molecule has 6 nitrogen and oxygen atoms in total. The maximum atomic E-state index is 13.1. The van der Waals surface area contributed by atoms with Crippen molar-refractivity contribution in [3.05, 3.63) is 75.1 Å². The molecule has 0 bridgehead atoms. The van der Waals surface area contributed by atoms with Gasteiger partial charge in [-0.3, -0.25) is 9.36 Å². The second kappa shape index (κ2) is 8.99. The second-order valence-corrected chi connectivity index (χ2v) is 8.46. The Bertz CT molecular complexity index is 1220. The molecule has 0 radical (unpaired) electrons. The molecule has 0 aliphatic carbocycles. The number of nitrogens with zero attached hydrogens (tertiary/aromatic N) is 2. The summed E-state index contributed by atoms with van der Waals surface area (Å²) in [7, 11) is 1.61. The van der Waals surface area contributed by atoms with E-state index in [9.17, 15) is 9.90 Å². The molecule has 0 aliphatic heterocycles. The third kappa shape index (κ3) is 4.40. The van der Waals surface area contributed by atoms with Crippen molar-refractivity contribution in [2.24, 2.45) is 0 Å². The molecule has 1 atom stereocenters. The summed E-state index contributed by atoms with van der Waals surface area (Å²) in [6.45, 7) is 0.156. The fraction of sp³-hybridized carbons (Fsp3) is 0.182. The van der Waals surface area contributed by atoms with Gasteiger partial charge in [0.1, 0.15) is 29.0 Å². The summed E-state index contributed by atoms with van der Waals surface area (Å²) in [5.74, 6) is 1.39. The molecule has 0 spiro atoms. The van der Waals surface area contributed by atoms with Crippen molar-refractivity contribution in [1.29, 1.82) is 0 Å². The summed E-state index contributed by atoms with van der Waals surface area (Å²) in [6.07, 6.45) is 0.616. The van der Waals surface area contributed by atoms with Gasteiger partial charge in [-0.05, 0) is 35.9 Å². The number of methoxy groups -OCH3 is 1. The number of benzene rings is 2. The number of rotatable bonds is 7. The van der Waals surface area contributed by atoms with E-state index in [4.69, 9.17) is 9.47 Å². The van der Waals surface area contributed by atoms with Crippen LogP contribution in [0, 0.1) is 0 Å². The van der Waals surface area contributed by atoms with Crippen molar-refractivity contribution in [3.8, 4) is 22.6 Å². The predicted octanol–water partition coefficient (Wildman–Crippen LogP) is 4.34. The zero-order valence-electron chi connectivity index (χ0n) is 16.1. The molecule has 30 heavy (non-hydrogen) atoms. The lowest BCUT2D eigenvalue weighted by molar-refractivity contribution is 0.0914. The highest BCUT2D eigenvalue weighted by atomic mass is 79.9. The van der Waals surface area contributed by atoms with E-state index >= 15 is 0 Å². The number of aliphatic hydroxyl groups is 1. The summed E-state index contributed by atoms with van der Waals surface area (Å²) in [6, 6.07) is 14.9. The fourth-order valence-corrected chi connectivity index (χ4v) is 4.39. The van der Waals surface area contributed by atoms with Gasteiger partial charge in [-0.25, -0.2) is 4.98 Å². The van der Waals surface area contributed by atoms with Crippen LogP contribution in [0.5, 0.6) is 11.5 Å². The third-order valence-electron chi connectivity index (χ3n) is 4.61. The topological polar surface area (TPSA) is 73.6 Å². The minimum absolute atomic E-state index is 0.0654. The number of aliphatic hydroxyl groups excluding tert-OH is 1. The molecule has 0 aliphatic rings. The van der Waals surface area contributed by atoms with Crippen LogP contribution in [-0.4, -0.2) is 34.5 Å². The minimum atomic E-state index is -0.857. The first-order valence-electron chi connectivity index (χ1n) is 9.22. The van der Waals surface area contributed by atoms with E-state index in [0.29, 0.717) is 16.0 Å². The number of hydrogen-bond donors (Lipinski definition) is 1. The largest absolute Gasteiger partial charge is 0.497 e. The first kappa shape index (κ1) is 20.6. The molecule has 2 aromatic carbocycles. The molecule has 0 unspecified atom stereocenters. The Balaban J connectivity index is 1.56.